The number of anilines is 1. The third-order valence-corrected chi connectivity index (χ3v) is 7.88. The first kappa shape index (κ1) is 24.0. The average molecular weight is 523 g/mol. The maximum Gasteiger partial charge on any atom is 0.241 e. The van der Waals surface area contributed by atoms with Gasteiger partial charge in [-0.3, -0.25) is 5.01 Å². The van der Waals surface area contributed by atoms with Crippen molar-refractivity contribution in [1.29, 1.82) is 0 Å². The summed E-state index contributed by atoms with van der Waals surface area (Å²) in [5.41, 5.74) is 3.92. The van der Waals surface area contributed by atoms with Crippen LogP contribution in [0.1, 0.15) is 22.6 Å². The molecule has 1 aliphatic rings. The number of hydrogen-bond donors (Lipinski definition) is 1. The van der Waals surface area contributed by atoms with E-state index in [1.54, 1.807) is 42.3 Å². The molecule has 5 nitrogen and oxygen atoms in total. The van der Waals surface area contributed by atoms with Crippen molar-refractivity contribution >= 4 is 56.2 Å². The lowest BCUT2D eigenvalue weighted by atomic mass is 9.95. The first-order valence-corrected chi connectivity index (χ1v) is 12.9. The molecule has 1 heterocycles. The Morgan fingerprint density at radius 1 is 0.970 bits per heavy atom. The van der Waals surface area contributed by atoms with Crippen LogP contribution in [-0.4, -0.2) is 27.2 Å². The number of sulfonamides is 1. The van der Waals surface area contributed by atoms with Crippen LogP contribution in [0.4, 0.5) is 5.69 Å². The number of rotatable bonds is 6. The molecule has 3 aromatic rings. The normalized spacial score (nSPS) is 16.2. The van der Waals surface area contributed by atoms with Gasteiger partial charge >= 0.3 is 0 Å². The lowest BCUT2D eigenvalue weighted by molar-refractivity contribution is 0.585. The Labute approximate surface area is 209 Å². The molecule has 0 amide bonds. The molecule has 0 unspecified atom stereocenters. The fourth-order valence-electron chi connectivity index (χ4n) is 3.78. The van der Waals surface area contributed by atoms with E-state index < -0.39 is 10.0 Å². The van der Waals surface area contributed by atoms with Gasteiger partial charge in [0, 0.05) is 16.0 Å². The van der Waals surface area contributed by atoms with E-state index in [0.29, 0.717) is 38.6 Å². The van der Waals surface area contributed by atoms with Gasteiger partial charge in [-0.15, -0.1) is 0 Å². The lowest BCUT2D eigenvalue weighted by Gasteiger charge is -2.18. The minimum absolute atomic E-state index is 0.0602. The molecule has 0 aliphatic carbocycles. The molecular weight excluding hydrogens is 501 g/mol. The van der Waals surface area contributed by atoms with Gasteiger partial charge in [0.2, 0.25) is 10.0 Å². The molecule has 0 saturated carbocycles. The van der Waals surface area contributed by atoms with Crippen molar-refractivity contribution in [3.8, 4) is 0 Å². The van der Waals surface area contributed by atoms with Gasteiger partial charge in [-0.25, -0.2) is 13.1 Å². The molecule has 0 spiro atoms. The molecule has 0 fully saturated rings. The van der Waals surface area contributed by atoms with Crippen LogP contribution in [0.2, 0.25) is 15.1 Å². The van der Waals surface area contributed by atoms with Gasteiger partial charge in [-0.2, -0.15) is 5.10 Å². The molecule has 1 N–H and O–H groups in total. The topological polar surface area (TPSA) is 61.8 Å². The zero-order chi connectivity index (χ0) is 23.8. The van der Waals surface area contributed by atoms with E-state index in [1.807, 2.05) is 37.3 Å². The summed E-state index contributed by atoms with van der Waals surface area (Å²) in [4.78, 5) is 0.266. The molecule has 1 aliphatic heterocycles. The molecular formula is C24H22Cl3N3O2S. The minimum Gasteiger partial charge on any atom is -0.263 e. The van der Waals surface area contributed by atoms with Gasteiger partial charge in [0.1, 0.15) is 0 Å². The molecule has 4 rings (SSSR count). The van der Waals surface area contributed by atoms with Gasteiger partial charge in [0.15, 0.2) is 0 Å². The van der Waals surface area contributed by atoms with Crippen LogP contribution >= 0.6 is 34.8 Å². The average Bonchev–Trinajstić information content (AvgIpc) is 3.18. The van der Waals surface area contributed by atoms with Crippen LogP contribution in [0.5, 0.6) is 0 Å². The Kier molecular flexibility index (Phi) is 7.03. The van der Waals surface area contributed by atoms with Crippen molar-refractivity contribution in [2.24, 2.45) is 5.10 Å². The number of hydrazone groups is 1. The summed E-state index contributed by atoms with van der Waals surface area (Å²) >= 11 is 18.5. The Morgan fingerprint density at radius 3 is 2.36 bits per heavy atom. The van der Waals surface area contributed by atoms with Gasteiger partial charge in [0.25, 0.3) is 0 Å². The summed E-state index contributed by atoms with van der Waals surface area (Å²) in [6.45, 7) is 4.21. The third-order valence-electron chi connectivity index (χ3n) is 5.54. The van der Waals surface area contributed by atoms with Crippen molar-refractivity contribution in [3.05, 3.63) is 92.4 Å². The van der Waals surface area contributed by atoms with Gasteiger partial charge in [0.05, 0.1) is 34.4 Å². The van der Waals surface area contributed by atoms with Crippen LogP contribution in [0, 0.1) is 13.8 Å². The first-order valence-electron chi connectivity index (χ1n) is 10.3. The van der Waals surface area contributed by atoms with E-state index in [1.165, 1.54) is 0 Å². The van der Waals surface area contributed by atoms with Crippen LogP contribution < -0.4 is 9.73 Å². The lowest BCUT2D eigenvalue weighted by Crippen LogP contribution is -2.32. The second-order valence-corrected chi connectivity index (χ2v) is 11.0. The zero-order valence-corrected chi connectivity index (χ0v) is 21.1. The number of nitrogens with zero attached hydrogens (tertiary/aromatic N) is 2. The van der Waals surface area contributed by atoms with E-state index in [9.17, 15) is 8.42 Å². The van der Waals surface area contributed by atoms with Gasteiger partial charge in [-0.1, -0.05) is 59.1 Å². The Hall–Kier alpha value is -2.09. The van der Waals surface area contributed by atoms with Crippen LogP contribution in [0.25, 0.3) is 0 Å². The molecule has 0 aromatic heterocycles. The highest BCUT2D eigenvalue weighted by Gasteiger charge is 2.31. The van der Waals surface area contributed by atoms with Crippen LogP contribution in [0.15, 0.2) is 70.7 Å². The highest BCUT2D eigenvalue weighted by molar-refractivity contribution is 7.89. The second kappa shape index (κ2) is 9.65. The molecule has 9 heteroatoms. The maximum atomic E-state index is 13.1. The summed E-state index contributed by atoms with van der Waals surface area (Å²) in [7, 11) is -3.72. The van der Waals surface area contributed by atoms with E-state index in [2.05, 4.69) is 4.72 Å². The van der Waals surface area contributed by atoms with E-state index in [0.717, 1.165) is 11.1 Å². The number of hydrogen-bond acceptors (Lipinski definition) is 4. The Bertz CT molecular complexity index is 1330. The SMILES string of the molecule is Cc1ccc(C)c(S(=O)(=O)NCC2=NN(c3ccc(Cl)cc3Cl)C[C@@H]2c2ccc(Cl)cc2)c1. The minimum atomic E-state index is -3.72. The maximum absolute atomic E-state index is 13.1. The monoisotopic (exact) mass is 521 g/mol. The van der Waals surface area contributed by atoms with Crippen LogP contribution in [-0.2, 0) is 10.0 Å². The number of aryl methyl sites for hydroxylation is 2. The number of benzene rings is 3. The molecule has 33 heavy (non-hydrogen) atoms. The van der Waals surface area contributed by atoms with E-state index in [4.69, 9.17) is 39.9 Å². The predicted molar refractivity (Wildman–Crippen MR) is 137 cm³/mol. The molecule has 0 bridgehead atoms. The van der Waals surface area contributed by atoms with Crippen molar-refractivity contribution < 1.29 is 8.42 Å². The van der Waals surface area contributed by atoms with Crippen LogP contribution in [0.3, 0.4) is 0 Å². The largest absolute Gasteiger partial charge is 0.263 e. The Balaban J connectivity index is 1.65. The number of nitrogens with one attached hydrogen (secondary N) is 1. The molecule has 0 radical (unpaired) electrons. The summed E-state index contributed by atoms with van der Waals surface area (Å²) < 4.78 is 28.8. The van der Waals surface area contributed by atoms with E-state index >= 15 is 0 Å². The quantitative estimate of drug-likeness (QED) is 0.419. The zero-order valence-electron chi connectivity index (χ0n) is 18.0. The van der Waals surface area contributed by atoms with Crippen molar-refractivity contribution in [1.82, 2.24) is 4.72 Å². The van der Waals surface area contributed by atoms with Crippen molar-refractivity contribution in [2.75, 3.05) is 18.1 Å². The highest BCUT2D eigenvalue weighted by Crippen LogP contribution is 2.35. The van der Waals surface area contributed by atoms with Crippen molar-refractivity contribution in [3.63, 3.8) is 0 Å². The van der Waals surface area contributed by atoms with Gasteiger partial charge in [-0.05, 0) is 66.9 Å². The standard InChI is InChI=1S/C24H22Cl3N3O2S/c1-15-3-4-16(2)24(11-15)33(31,32)28-13-22-20(17-5-7-18(25)8-6-17)14-30(29-22)23-10-9-19(26)12-21(23)27/h3-12,20,28H,13-14H2,1-2H3/t20-/m1/s1. The van der Waals surface area contributed by atoms with E-state index in [-0.39, 0.29) is 17.4 Å². The van der Waals surface area contributed by atoms with Gasteiger partial charge < -0.3 is 0 Å². The fourth-order valence-corrected chi connectivity index (χ4v) is 5.74. The van der Waals surface area contributed by atoms with Crippen molar-refractivity contribution in [2.45, 2.75) is 24.7 Å². The summed E-state index contributed by atoms with van der Waals surface area (Å²) in [5.74, 6) is -0.143. The Morgan fingerprint density at radius 2 is 1.67 bits per heavy atom. The molecule has 172 valence electrons. The summed E-state index contributed by atoms with van der Waals surface area (Å²) in [5, 5.41) is 8.13. The summed E-state index contributed by atoms with van der Waals surface area (Å²) in [6, 6.07) is 18.0. The smallest absolute Gasteiger partial charge is 0.241 e. The highest BCUT2D eigenvalue weighted by atomic mass is 35.5. The first-order chi connectivity index (χ1) is 15.6. The molecule has 1 atom stereocenters. The molecule has 3 aromatic carbocycles. The summed E-state index contributed by atoms with van der Waals surface area (Å²) in [6.07, 6.45) is 0. The number of halogens is 3. The molecule has 0 saturated heterocycles. The predicted octanol–water partition coefficient (Wildman–Crippen LogP) is 6.20. The third kappa shape index (κ3) is 5.36. The second-order valence-electron chi connectivity index (χ2n) is 7.97. The fraction of sp³-hybridized carbons (Fsp3) is 0.208.